The largest absolute Gasteiger partial charge is 0.493 e. The number of hydrogen-bond donors (Lipinski definition) is 1. The van der Waals surface area contributed by atoms with Gasteiger partial charge < -0.3 is 24.3 Å². The number of nitrogens with zero attached hydrogens (tertiary/aromatic N) is 2. The molecule has 0 bridgehead atoms. The molecule has 2 saturated heterocycles. The van der Waals surface area contributed by atoms with Gasteiger partial charge in [-0.3, -0.25) is 0 Å². The van der Waals surface area contributed by atoms with Gasteiger partial charge in [-0.1, -0.05) is 23.2 Å². The predicted octanol–water partition coefficient (Wildman–Crippen LogP) is 4.57. The van der Waals surface area contributed by atoms with E-state index < -0.39 is 24.5 Å². The Hall–Kier alpha value is -2.39. The molecule has 1 N–H and O–H groups in total. The van der Waals surface area contributed by atoms with Crippen LogP contribution in [0.15, 0.2) is 36.7 Å². The van der Waals surface area contributed by atoms with E-state index in [-0.39, 0.29) is 13.2 Å². The minimum atomic E-state index is -1.14. The first-order valence-corrected chi connectivity index (χ1v) is 10.4. The predicted molar refractivity (Wildman–Crippen MR) is 115 cm³/mol. The van der Waals surface area contributed by atoms with Crippen LogP contribution in [0.4, 0.5) is 15.9 Å². The number of anilines is 2. The molecule has 3 heterocycles. The summed E-state index contributed by atoms with van der Waals surface area (Å²) >= 11 is 12.4. The maximum atomic E-state index is 13.8. The topological polar surface area (TPSA) is 74.7 Å². The average molecular weight is 466 g/mol. The molecule has 0 spiro atoms. The molecule has 0 radical (unpaired) electrons. The lowest BCUT2D eigenvalue weighted by molar-refractivity contribution is 0.0271. The van der Waals surface area contributed by atoms with Gasteiger partial charge in [0.2, 0.25) is 0 Å². The number of methoxy groups -OCH3 is 1. The maximum Gasteiger partial charge on any atom is 0.164 e. The zero-order valence-electron chi connectivity index (χ0n) is 16.3. The zero-order chi connectivity index (χ0) is 21.5. The first-order valence-electron chi connectivity index (χ1n) is 9.62. The Morgan fingerprint density at radius 3 is 2.74 bits per heavy atom. The minimum Gasteiger partial charge on any atom is -0.493 e. The molecule has 2 aliphatic rings. The summed E-state index contributed by atoms with van der Waals surface area (Å²) in [7, 11) is 1.54. The number of rotatable bonds is 5. The number of halogens is 3. The van der Waals surface area contributed by atoms with Crippen LogP contribution in [0.1, 0.15) is 0 Å². The highest BCUT2D eigenvalue weighted by molar-refractivity contribution is 6.35. The van der Waals surface area contributed by atoms with Crippen molar-refractivity contribution in [2.24, 2.45) is 0 Å². The summed E-state index contributed by atoms with van der Waals surface area (Å²) < 4.78 is 36.5. The molecule has 0 aliphatic carbocycles. The van der Waals surface area contributed by atoms with E-state index in [4.69, 9.17) is 42.1 Å². The number of fused-ring (bicyclic) bond motifs is 2. The molecule has 0 saturated carbocycles. The molecular formula is C21H18Cl2FN3O4. The molecular weight excluding hydrogens is 448 g/mol. The number of nitrogens with one attached hydrogen (secondary N) is 1. The van der Waals surface area contributed by atoms with Crippen LogP contribution in [-0.4, -0.2) is 54.8 Å². The molecule has 5 rings (SSSR count). The Labute approximate surface area is 187 Å². The van der Waals surface area contributed by atoms with Crippen molar-refractivity contribution in [3.05, 3.63) is 46.7 Å². The Morgan fingerprint density at radius 1 is 1.06 bits per heavy atom. The van der Waals surface area contributed by atoms with E-state index in [2.05, 4.69) is 15.3 Å². The third-order valence-electron chi connectivity index (χ3n) is 5.33. The fraction of sp³-hybridized carbons (Fsp3) is 0.333. The summed E-state index contributed by atoms with van der Waals surface area (Å²) in [6.07, 6.45) is -1.21. The van der Waals surface area contributed by atoms with Gasteiger partial charge >= 0.3 is 0 Å². The Bertz CT molecular complexity index is 1140. The molecule has 1 unspecified atom stereocenters. The lowest BCUT2D eigenvalue weighted by Crippen LogP contribution is -2.33. The van der Waals surface area contributed by atoms with Crippen molar-refractivity contribution in [1.82, 2.24) is 9.97 Å². The minimum absolute atomic E-state index is 0.0123. The van der Waals surface area contributed by atoms with Crippen molar-refractivity contribution in [2.75, 3.05) is 25.6 Å². The molecule has 4 atom stereocenters. The second kappa shape index (κ2) is 8.27. The van der Waals surface area contributed by atoms with Crippen molar-refractivity contribution in [3.63, 3.8) is 0 Å². The van der Waals surface area contributed by atoms with Gasteiger partial charge in [0.1, 0.15) is 24.4 Å². The van der Waals surface area contributed by atoms with Gasteiger partial charge in [-0.25, -0.2) is 14.4 Å². The Kier molecular flexibility index (Phi) is 5.47. The Morgan fingerprint density at radius 2 is 1.90 bits per heavy atom. The molecule has 2 fully saturated rings. The number of alkyl halides is 1. The number of benzene rings is 2. The van der Waals surface area contributed by atoms with Crippen molar-refractivity contribution >= 4 is 45.6 Å². The molecule has 2 aliphatic heterocycles. The second-order valence-electron chi connectivity index (χ2n) is 7.26. The smallest absolute Gasteiger partial charge is 0.164 e. The van der Waals surface area contributed by atoms with Gasteiger partial charge in [-0.15, -0.1) is 0 Å². The van der Waals surface area contributed by atoms with Crippen LogP contribution < -0.4 is 14.8 Å². The van der Waals surface area contributed by atoms with Crippen LogP contribution in [-0.2, 0) is 9.47 Å². The van der Waals surface area contributed by atoms with Gasteiger partial charge in [-0.05, 0) is 24.3 Å². The summed E-state index contributed by atoms with van der Waals surface area (Å²) in [4.78, 5) is 8.68. The van der Waals surface area contributed by atoms with Gasteiger partial charge in [0, 0.05) is 16.5 Å². The van der Waals surface area contributed by atoms with E-state index >= 15 is 0 Å². The number of hydrogen-bond acceptors (Lipinski definition) is 7. The van der Waals surface area contributed by atoms with Crippen LogP contribution in [0.3, 0.4) is 0 Å². The standard InChI is InChI=1S/C21H18Cl2FN3O4/c1-28-16-5-11-14(6-17(16)31-18-8-30-19-13(24)7-29-20(18)19)25-9-26-21(11)27-15-4-10(22)2-3-12(15)23/h2-6,9,13,18-20H,7-8H2,1H3,(H,25,26,27)/t13-,18-,19+,20?/m1/s1. The first kappa shape index (κ1) is 20.5. The molecule has 7 nitrogen and oxygen atoms in total. The molecule has 3 aromatic rings. The Balaban J connectivity index is 1.47. The molecule has 0 amide bonds. The molecule has 162 valence electrons. The van der Waals surface area contributed by atoms with E-state index in [0.29, 0.717) is 44.0 Å². The zero-order valence-corrected chi connectivity index (χ0v) is 17.9. The van der Waals surface area contributed by atoms with Crippen LogP contribution in [0.5, 0.6) is 11.5 Å². The van der Waals surface area contributed by atoms with Gasteiger partial charge in [0.15, 0.2) is 23.8 Å². The van der Waals surface area contributed by atoms with E-state index in [1.807, 2.05) is 0 Å². The summed E-state index contributed by atoms with van der Waals surface area (Å²) in [5.41, 5.74) is 1.24. The van der Waals surface area contributed by atoms with E-state index in [0.717, 1.165) is 0 Å². The molecule has 2 aromatic carbocycles. The van der Waals surface area contributed by atoms with Gasteiger partial charge in [-0.2, -0.15) is 0 Å². The summed E-state index contributed by atoms with van der Waals surface area (Å²) in [5.74, 6) is 1.46. The summed E-state index contributed by atoms with van der Waals surface area (Å²) in [6.45, 7) is 0.249. The first-order chi connectivity index (χ1) is 15.0. The lowest BCUT2D eigenvalue weighted by atomic mass is 10.1. The summed E-state index contributed by atoms with van der Waals surface area (Å²) in [5, 5.41) is 4.93. The monoisotopic (exact) mass is 465 g/mol. The number of ether oxygens (including phenoxy) is 4. The SMILES string of the molecule is COc1cc2c(Nc3cc(Cl)ccc3Cl)ncnc2cc1O[C@@H]1CO[C@@H]2C1OC[C@H]2F. The van der Waals surface area contributed by atoms with Crippen LogP contribution in [0.2, 0.25) is 10.0 Å². The van der Waals surface area contributed by atoms with Crippen molar-refractivity contribution < 1.29 is 23.3 Å². The average Bonchev–Trinajstić information content (AvgIpc) is 3.33. The maximum absolute atomic E-state index is 13.8. The van der Waals surface area contributed by atoms with E-state index in [9.17, 15) is 4.39 Å². The molecule has 1 aromatic heterocycles. The van der Waals surface area contributed by atoms with Gasteiger partial charge in [0.25, 0.3) is 0 Å². The van der Waals surface area contributed by atoms with Gasteiger partial charge in [0.05, 0.1) is 36.6 Å². The highest BCUT2D eigenvalue weighted by Gasteiger charge is 2.49. The number of aromatic nitrogens is 2. The molecule has 10 heteroatoms. The van der Waals surface area contributed by atoms with E-state index in [1.165, 1.54) is 13.4 Å². The van der Waals surface area contributed by atoms with Crippen molar-refractivity contribution in [3.8, 4) is 11.5 Å². The third-order valence-corrected chi connectivity index (χ3v) is 5.89. The third kappa shape index (κ3) is 3.85. The molecule has 31 heavy (non-hydrogen) atoms. The van der Waals surface area contributed by atoms with Crippen LogP contribution in [0.25, 0.3) is 10.9 Å². The fourth-order valence-electron chi connectivity index (χ4n) is 3.82. The van der Waals surface area contributed by atoms with Crippen LogP contribution >= 0.6 is 23.2 Å². The normalized spacial score (nSPS) is 24.9. The lowest BCUT2D eigenvalue weighted by Gasteiger charge is -2.20. The fourth-order valence-corrected chi connectivity index (χ4v) is 4.15. The van der Waals surface area contributed by atoms with E-state index in [1.54, 1.807) is 30.3 Å². The van der Waals surface area contributed by atoms with Crippen LogP contribution in [0, 0.1) is 0 Å². The summed E-state index contributed by atoms with van der Waals surface area (Å²) in [6, 6.07) is 8.63. The highest BCUT2D eigenvalue weighted by atomic mass is 35.5. The highest BCUT2D eigenvalue weighted by Crippen LogP contribution is 2.38. The van der Waals surface area contributed by atoms with Crippen molar-refractivity contribution in [1.29, 1.82) is 0 Å². The van der Waals surface area contributed by atoms with Crippen molar-refractivity contribution in [2.45, 2.75) is 24.5 Å². The second-order valence-corrected chi connectivity index (χ2v) is 8.10. The quantitative estimate of drug-likeness (QED) is 0.591.